The van der Waals surface area contributed by atoms with Gasteiger partial charge in [-0.25, -0.2) is 0 Å². The summed E-state index contributed by atoms with van der Waals surface area (Å²) in [5.74, 6) is 2.77. The van der Waals surface area contributed by atoms with Gasteiger partial charge in [0.1, 0.15) is 13.2 Å². The van der Waals surface area contributed by atoms with E-state index in [1.807, 2.05) is 0 Å². The van der Waals surface area contributed by atoms with Gasteiger partial charge in [0.15, 0.2) is 23.0 Å². The highest BCUT2D eigenvalue weighted by Crippen LogP contribution is 2.40. The molecule has 2 aromatic rings. The highest BCUT2D eigenvalue weighted by atomic mass is 16.7. The van der Waals surface area contributed by atoms with Crippen LogP contribution in [0.25, 0.3) is 6.08 Å². The average Bonchev–Trinajstić information content (AvgIpc) is 3.13. The fourth-order valence-electron chi connectivity index (χ4n) is 2.72. The standard InChI is InChI=1S/C19H17NO6/c1-22-16-8-12(9-17-19(16)24-7-6-23-17)2-5-18(21)20-13-3-4-14-15(10-13)26-11-25-14/h2-5,8-10H,6-7,11H2,1H3,(H,20,21)/b5-2+. The topological polar surface area (TPSA) is 75.3 Å². The van der Waals surface area contributed by atoms with Crippen LogP contribution in [-0.2, 0) is 4.79 Å². The molecule has 0 fully saturated rings. The van der Waals surface area contributed by atoms with E-state index in [-0.39, 0.29) is 12.7 Å². The number of ether oxygens (including phenoxy) is 5. The molecule has 2 aromatic carbocycles. The summed E-state index contributed by atoms with van der Waals surface area (Å²) < 4.78 is 27.0. The molecule has 2 heterocycles. The third-order valence-electron chi connectivity index (χ3n) is 3.92. The van der Waals surface area contributed by atoms with Gasteiger partial charge in [-0.15, -0.1) is 0 Å². The van der Waals surface area contributed by atoms with Crippen LogP contribution in [0.15, 0.2) is 36.4 Å². The van der Waals surface area contributed by atoms with E-state index in [1.54, 1.807) is 43.5 Å². The second kappa shape index (κ2) is 6.87. The number of benzene rings is 2. The van der Waals surface area contributed by atoms with Crippen LogP contribution in [0.2, 0.25) is 0 Å². The van der Waals surface area contributed by atoms with E-state index in [0.29, 0.717) is 47.6 Å². The van der Waals surface area contributed by atoms with Crippen LogP contribution in [0.5, 0.6) is 28.7 Å². The first kappa shape index (κ1) is 16.1. The second-order valence-corrected chi connectivity index (χ2v) is 5.64. The Bertz CT molecular complexity index is 859. The van der Waals surface area contributed by atoms with Crippen molar-refractivity contribution >= 4 is 17.7 Å². The van der Waals surface area contributed by atoms with E-state index in [1.165, 1.54) is 6.08 Å². The molecule has 0 radical (unpaired) electrons. The number of amides is 1. The van der Waals surface area contributed by atoms with Crippen molar-refractivity contribution in [2.75, 3.05) is 32.4 Å². The maximum atomic E-state index is 12.2. The summed E-state index contributed by atoms with van der Waals surface area (Å²) in [6.45, 7) is 1.16. The van der Waals surface area contributed by atoms with Crippen LogP contribution in [0, 0.1) is 0 Å². The van der Waals surface area contributed by atoms with Gasteiger partial charge in [0.2, 0.25) is 18.4 Å². The molecule has 0 bridgehead atoms. The first-order valence-electron chi connectivity index (χ1n) is 8.09. The van der Waals surface area contributed by atoms with Gasteiger partial charge in [-0.3, -0.25) is 4.79 Å². The smallest absolute Gasteiger partial charge is 0.248 e. The third-order valence-corrected chi connectivity index (χ3v) is 3.92. The molecule has 7 nitrogen and oxygen atoms in total. The summed E-state index contributed by atoms with van der Waals surface area (Å²) >= 11 is 0. The van der Waals surface area contributed by atoms with Crippen molar-refractivity contribution < 1.29 is 28.5 Å². The maximum absolute atomic E-state index is 12.2. The van der Waals surface area contributed by atoms with Crippen LogP contribution in [-0.4, -0.2) is 33.0 Å². The summed E-state index contributed by atoms with van der Waals surface area (Å²) in [6.07, 6.45) is 3.12. The molecule has 134 valence electrons. The molecular formula is C19H17NO6. The maximum Gasteiger partial charge on any atom is 0.248 e. The zero-order chi connectivity index (χ0) is 17.9. The first-order valence-corrected chi connectivity index (χ1v) is 8.09. The Hall–Kier alpha value is -3.35. The number of fused-ring (bicyclic) bond motifs is 2. The van der Waals surface area contributed by atoms with E-state index in [2.05, 4.69) is 5.32 Å². The number of carbonyl (C=O) groups excluding carboxylic acids is 1. The SMILES string of the molecule is COc1cc(/C=C/C(=O)Nc2ccc3c(c2)OCO3)cc2c1OCCO2. The number of carbonyl (C=O) groups is 1. The summed E-state index contributed by atoms with van der Waals surface area (Å²) in [5, 5.41) is 2.78. The zero-order valence-electron chi connectivity index (χ0n) is 14.1. The Kier molecular flexibility index (Phi) is 4.27. The molecule has 0 aromatic heterocycles. The lowest BCUT2D eigenvalue weighted by Gasteiger charge is -2.20. The number of methoxy groups -OCH3 is 1. The van der Waals surface area contributed by atoms with Crippen LogP contribution in [0.4, 0.5) is 5.69 Å². The van der Waals surface area contributed by atoms with Crippen molar-refractivity contribution in [3.8, 4) is 28.7 Å². The highest BCUT2D eigenvalue weighted by Gasteiger charge is 2.18. The molecule has 26 heavy (non-hydrogen) atoms. The van der Waals surface area contributed by atoms with Crippen molar-refractivity contribution in [3.05, 3.63) is 42.0 Å². The van der Waals surface area contributed by atoms with Gasteiger partial charge in [0, 0.05) is 17.8 Å². The van der Waals surface area contributed by atoms with E-state index >= 15 is 0 Å². The normalized spacial score (nSPS) is 14.3. The van der Waals surface area contributed by atoms with Gasteiger partial charge in [0.05, 0.1) is 7.11 Å². The van der Waals surface area contributed by atoms with Gasteiger partial charge >= 0.3 is 0 Å². The molecule has 0 aliphatic carbocycles. The van der Waals surface area contributed by atoms with Gasteiger partial charge in [-0.1, -0.05) is 0 Å². The number of hydrogen-bond acceptors (Lipinski definition) is 6. The predicted molar refractivity (Wildman–Crippen MR) is 94.2 cm³/mol. The van der Waals surface area contributed by atoms with Gasteiger partial charge < -0.3 is 29.0 Å². The monoisotopic (exact) mass is 355 g/mol. The lowest BCUT2D eigenvalue weighted by atomic mass is 10.1. The zero-order valence-corrected chi connectivity index (χ0v) is 14.1. The molecule has 7 heteroatoms. The Labute approximate surface area is 150 Å². The van der Waals surface area contributed by atoms with Gasteiger partial charge in [-0.2, -0.15) is 0 Å². The Morgan fingerprint density at radius 2 is 1.88 bits per heavy atom. The summed E-state index contributed by atoms with van der Waals surface area (Å²) in [6, 6.07) is 8.83. The Morgan fingerprint density at radius 1 is 1.04 bits per heavy atom. The Morgan fingerprint density at radius 3 is 2.77 bits per heavy atom. The molecule has 0 saturated heterocycles. The molecule has 0 unspecified atom stereocenters. The lowest BCUT2D eigenvalue weighted by Crippen LogP contribution is -2.16. The lowest BCUT2D eigenvalue weighted by molar-refractivity contribution is -0.111. The van der Waals surface area contributed by atoms with Crippen molar-refractivity contribution in [1.29, 1.82) is 0 Å². The van der Waals surface area contributed by atoms with E-state index in [0.717, 1.165) is 5.56 Å². The van der Waals surface area contributed by atoms with Crippen molar-refractivity contribution in [2.45, 2.75) is 0 Å². The third kappa shape index (κ3) is 3.23. The van der Waals surface area contributed by atoms with Crippen molar-refractivity contribution in [3.63, 3.8) is 0 Å². The number of anilines is 1. The highest BCUT2D eigenvalue weighted by molar-refractivity contribution is 6.02. The van der Waals surface area contributed by atoms with Crippen LogP contribution in [0.1, 0.15) is 5.56 Å². The molecule has 1 N–H and O–H groups in total. The van der Waals surface area contributed by atoms with Crippen LogP contribution in [0.3, 0.4) is 0 Å². The molecule has 4 rings (SSSR count). The van der Waals surface area contributed by atoms with E-state index in [9.17, 15) is 4.79 Å². The fraction of sp³-hybridized carbons (Fsp3) is 0.211. The Balaban J connectivity index is 1.48. The molecule has 0 saturated carbocycles. The molecule has 1 amide bonds. The molecule has 0 atom stereocenters. The summed E-state index contributed by atoms with van der Waals surface area (Å²) in [4.78, 5) is 12.2. The summed E-state index contributed by atoms with van der Waals surface area (Å²) in [5.41, 5.74) is 1.40. The average molecular weight is 355 g/mol. The quantitative estimate of drug-likeness (QED) is 0.850. The minimum absolute atomic E-state index is 0.193. The molecule has 2 aliphatic heterocycles. The number of hydrogen-bond donors (Lipinski definition) is 1. The fourth-order valence-corrected chi connectivity index (χ4v) is 2.72. The molecular weight excluding hydrogens is 338 g/mol. The van der Waals surface area contributed by atoms with Gasteiger partial charge in [-0.05, 0) is 35.9 Å². The number of nitrogens with one attached hydrogen (secondary N) is 1. The van der Waals surface area contributed by atoms with Gasteiger partial charge in [0.25, 0.3) is 0 Å². The minimum Gasteiger partial charge on any atom is -0.493 e. The number of rotatable bonds is 4. The molecule has 2 aliphatic rings. The minimum atomic E-state index is -0.266. The molecule has 0 spiro atoms. The van der Waals surface area contributed by atoms with E-state index in [4.69, 9.17) is 23.7 Å². The first-order chi connectivity index (χ1) is 12.7. The predicted octanol–water partition coefficient (Wildman–Crippen LogP) is 2.85. The largest absolute Gasteiger partial charge is 0.493 e. The van der Waals surface area contributed by atoms with E-state index < -0.39 is 0 Å². The summed E-state index contributed by atoms with van der Waals surface area (Å²) in [7, 11) is 1.56. The van der Waals surface area contributed by atoms with Crippen LogP contribution >= 0.6 is 0 Å². The second-order valence-electron chi connectivity index (χ2n) is 5.64. The van der Waals surface area contributed by atoms with Crippen molar-refractivity contribution in [1.82, 2.24) is 0 Å². The van der Waals surface area contributed by atoms with Crippen molar-refractivity contribution in [2.24, 2.45) is 0 Å². The van der Waals surface area contributed by atoms with Crippen LogP contribution < -0.4 is 29.0 Å².